The quantitative estimate of drug-likeness (QED) is 0.221. The normalized spacial score (nSPS) is 11.2. The Morgan fingerprint density at radius 3 is 2.43 bits per heavy atom. The summed E-state index contributed by atoms with van der Waals surface area (Å²) in [7, 11) is 0. The number of aromatic nitrogens is 3. The van der Waals surface area contributed by atoms with Crippen LogP contribution in [0.15, 0.2) is 62.3 Å². The van der Waals surface area contributed by atoms with Crippen LogP contribution in [0.4, 0.5) is 5.69 Å². The van der Waals surface area contributed by atoms with Crippen LogP contribution in [0.5, 0.6) is 0 Å². The van der Waals surface area contributed by atoms with E-state index >= 15 is 0 Å². The molecule has 0 saturated heterocycles. The smallest absolute Gasteiger partial charge is 0.397 e. The highest BCUT2D eigenvalue weighted by atomic mass is 79.9. The minimum absolute atomic E-state index is 0.0472. The van der Waals surface area contributed by atoms with Crippen molar-refractivity contribution in [1.82, 2.24) is 10.3 Å². The van der Waals surface area contributed by atoms with Crippen molar-refractivity contribution in [3.8, 4) is 5.69 Å². The molecule has 0 aliphatic heterocycles. The molecule has 3 N–H and O–H groups in total. The average Bonchev–Trinajstić information content (AvgIpc) is 3.41. The molecule has 37 heavy (non-hydrogen) atoms. The standard InChI is InChI=1S/C27H21BrN4O4S/c1-13-4-10-18(11-5-13)32-23(27(35)36-31-32)24(34)25-22(29)21-14(2)19(15(3)30-26(21)37-25)12-20(33)16-6-8-17(28)9-7-16/h4-11H,12H2,1-3H3,(H2-,29,31,34,35)/p+1. The molecular weight excluding hydrogens is 556 g/mol. The van der Waals surface area contributed by atoms with Gasteiger partial charge in [0.05, 0.1) is 5.69 Å². The summed E-state index contributed by atoms with van der Waals surface area (Å²) in [5.74, 6) is -0.616. The lowest BCUT2D eigenvalue weighted by Crippen LogP contribution is -2.41. The lowest BCUT2D eigenvalue weighted by atomic mass is 9.96. The van der Waals surface area contributed by atoms with Crippen molar-refractivity contribution in [2.24, 2.45) is 0 Å². The van der Waals surface area contributed by atoms with Crippen LogP contribution in [0.3, 0.4) is 0 Å². The van der Waals surface area contributed by atoms with Gasteiger partial charge in [-0.1, -0.05) is 45.8 Å². The van der Waals surface area contributed by atoms with Crippen molar-refractivity contribution in [2.75, 3.05) is 5.73 Å². The van der Waals surface area contributed by atoms with Gasteiger partial charge in [-0.2, -0.15) is 0 Å². The number of nitrogens with one attached hydrogen (secondary N) is 1. The van der Waals surface area contributed by atoms with Crippen molar-refractivity contribution in [3.63, 3.8) is 0 Å². The van der Waals surface area contributed by atoms with Gasteiger partial charge in [0.1, 0.15) is 9.71 Å². The van der Waals surface area contributed by atoms with Crippen LogP contribution in [-0.4, -0.2) is 21.8 Å². The van der Waals surface area contributed by atoms with Gasteiger partial charge in [0.25, 0.3) is 5.78 Å². The number of rotatable bonds is 6. The second-order valence-corrected chi connectivity index (χ2v) is 10.7. The van der Waals surface area contributed by atoms with Crippen molar-refractivity contribution in [2.45, 2.75) is 27.2 Å². The Bertz CT molecular complexity index is 1750. The fourth-order valence-corrected chi connectivity index (χ4v) is 5.70. The molecule has 2 aromatic carbocycles. The molecule has 0 radical (unpaired) electrons. The fraction of sp³-hybridized carbons (Fsp3) is 0.148. The van der Waals surface area contributed by atoms with E-state index in [1.807, 2.05) is 45.0 Å². The molecule has 0 amide bonds. The molecule has 0 aliphatic rings. The summed E-state index contributed by atoms with van der Waals surface area (Å²) in [6, 6.07) is 14.5. The van der Waals surface area contributed by atoms with Crippen LogP contribution in [-0.2, 0) is 6.42 Å². The number of hydrogen-bond donors (Lipinski definition) is 2. The summed E-state index contributed by atoms with van der Waals surface area (Å²) in [5, 5.41) is 3.11. The highest BCUT2D eigenvalue weighted by molar-refractivity contribution is 9.10. The third-order valence-corrected chi connectivity index (χ3v) is 7.95. The number of benzene rings is 2. The number of hydrogen-bond acceptors (Lipinski definition) is 7. The molecule has 186 valence electrons. The molecule has 0 spiro atoms. The van der Waals surface area contributed by atoms with Crippen LogP contribution in [0.1, 0.15) is 48.1 Å². The number of aromatic amines is 1. The molecule has 3 aromatic heterocycles. The topological polar surface area (TPSA) is 123 Å². The molecule has 0 fully saturated rings. The van der Waals surface area contributed by atoms with E-state index in [4.69, 9.17) is 10.3 Å². The number of aryl methyl sites for hydroxylation is 3. The second kappa shape index (κ2) is 9.53. The summed E-state index contributed by atoms with van der Waals surface area (Å²) in [6.07, 6.45) is 0.148. The number of halogens is 1. The minimum atomic E-state index is -0.802. The summed E-state index contributed by atoms with van der Waals surface area (Å²) >= 11 is 4.50. The number of fused-ring (bicyclic) bond motifs is 1. The van der Waals surface area contributed by atoms with E-state index in [1.165, 1.54) is 4.68 Å². The Kier molecular flexibility index (Phi) is 6.38. The number of carbonyl (C=O) groups excluding carboxylic acids is 2. The zero-order chi connectivity index (χ0) is 26.4. The summed E-state index contributed by atoms with van der Waals surface area (Å²) < 4.78 is 7.16. The van der Waals surface area contributed by atoms with E-state index in [1.54, 1.807) is 24.3 Å². The first-order valence-corrected chi connectivity index (χ1v) is 13.0. The molecule has 5 rings (SSSR count). The number of nitrogen functional groups attached to an aromatic ring is 1. The Balaban J connectivity index is 1.57. The Labute approximate surface area is 223 Å². The highest BCUT2D eigenvalue weighted by Gasteiger charge is 2.35. The first-order valence-electron chi connectivity index (χ1n) is 11.4. The molecule has 0 saturated carbocycles. The third-order valence-electron chi connectivity index (χ3n) is 6.32. The van der Waals surface area contributed by atoms with Crippen molar-refractivity contribution in [1.29, 1.82) is 0 Å². The second-order valence-electron chi connectivity index (χ2n) is 8.76. The number of carbonyl (C=O) groups is 2. The maximum Gasteiger partial charge on any atom is 0.439 e. The van der Waals surface area contributed by atoms with Gasteiger partial charge in [0, 0.05) is 39.7 Å². The van der Waals surface area contributed by atoms with Crippen LogP contribution in [0.2, 0.25) is 0 Å². The molecule has 0 unspecified atom stereocenters. The van der Waals surface area contributed by atoms with Crippen LogP contribution in [0, 0.1) is 20.8 Å². The monoisotopic (exact) mass is 577 g/mol. The molecule has 5 aromatic rings. The van der Waals surface area contributed by atoms with Gasteiger partial charge in [0.2, 0.25) is 5.69 Å². The van der Waals surface area contributed by atoms with Crippen LogP contribution >= 0.6 is 27.3 Å². The van der Waals surface area contributed by atoms with Gasteiger partial charge >= 0.3 is 11.3 Å². The summed E-state index contributed by atoms with van der Waals surface area (Å²) in [4.78, 5) is 44.5. The largest absolute Gasteiger partial charge is 0.439 e. The summed E-state index contributed by atoms with van der Waals surface area (Å²) in [5.41, 5.74) is 10.1. The first kappa shape index (κ1) is 24.8. The van der Waals surface area contributed by atoms with Gasteiger partial charge in [-0.3, -0.25) is 14.1 Å². The third kappa shape index (κ3) is 4.42. The van der Waals surface area contributed by atoms with Gasteiger partial charge in [0.15, 0.2) is 5.78 Å². The first-order chi connectivity index (χ1) is 17.7. The average molecular weight is 578 g/mol. The number of nitrogens with zero attached hydrogens (tertiary/aromatic N) is 2. The molecule has 10 heteroatoms. The lowest BCUT2D eigenvalue weighted by Gasteiger charge is -2.11. The van der Waals surface area contributed by atoms with E-state index in [0.717, 1.165) is 32.5 Å². The van der Waals surface area contributed by atoms with Crippen molar-refractivity contribution < 1.29 is 18.8 Å². The van der Waals surface area contributed by atoms with E-state index in [0.29, 0.717) is 27.2 Å². The van der Waals surface area contributed by atoms with Gasteiger partial charge in [-0.15, -0.1) is 11.3 Å². The van der Waals surface area contributed by atoms with Gasteiger partial charge in [-0.25, -0.2) is 9.78 Å². The number of anilines is 1. The zero-order valence-electron chi connectivity index (χ0n) is 20.2. The Morgan fingerprint density at radius 1 is 1.08 bits per heavy atom. The molecule has 0 bridgehead atoms. The molecule has 0 aliphatic carbocycles. The van der Waals surface area contributed by atoms with E-state index in [9.17, 15) is 14.4 Å². The predicted octanol–water partition coefficient (Wildman–Crippen LogP) is 4.78. The van der Waals surface area contributed by atoms with Gasteiger partial charge in [-0.05, 0) is 54.0 Å². The summed E-state index contributed by atoms with van der Waals surface area (Å²) in [6.45, 7) is 5.64. The van der Waals surface area contributed by atoms with E-state index < -0.39 is 11.4 Å². The fourth-order valence-electron chi connectivity index (χ4n) is 4.29. The van der Waals surface area contributed by atoms with E-state index in [-0.39, 0.29) is 28.5 Å². The van der Waals surface area contributed by atoms with Crippen LogP contribution < -0.4 is 16.0 Å². The van der Waals surface area contributed by atoms with E-state index in [2.05, 4.69) is 26.2 Å². The number of ketones is 2. The SMILES string of the molecule is Cc1ccc(-[n+]2[nH]oc(=O)c2C(=O)c2sc3nc(C)c(CC(=O)c4ccc(Br)cc4)c(C)c3c2N)cc1. The molecule has 8 nitrogen and oxygen atoms in total. The maximum atomic E-state index is 13.6. The Morgan fingerprint density at radius 2 is 1.76 bits per heavy atom. The highest BCUT2D eigenvalue weighted by Crippen LogP contribution is 2.37. The lowest BCUT2D eigenvalue weighted by molar-refractivity contribution is -0.672. The number of thiophene rings is 1. The van der Waals surface area contributed by atoms with Crippen molar-refractivity contribution >= 4 is 54.7 Å². The molecule has 3 heterocycles. The maximum absolute atomic E-state index is 13.6. The zero-order valence-corrected chi connectivity index (χ0v) is 22.6. The van der Waals surface area contributed by atoms with Gasteiger partial charge < -0.3 is 5.73 Å². The molecule has 0 atom stereocenters. The minimum Gasteiger partial charge on any atom is -0.397 e. The predicted molar refractivity (Wildman–Crippen MR) is 145 cm³/mol. The Hall–Kier alpha value is -3.89. The van der Waals surface area contributed by atoms with Crippen LogP contribution in [0.25, 0.3) is 15.9 Å². The number of pyridine rings is 1. The molecular formula is C27H22BrN4O4S+. The van der Waals surface area contributed by atoms with Crippen molar-refractivity contribution in [3.05, 3.63) is 102 Å². The number of H-pyrrole nitrogens is 1. The number of Topliss-reactive ketones (excluding diaryl/α,β-unsaturated/α-hetero) is 1. The number of nitrogens with two attached hydrogens (primary N) is 1.